The number of aromatic nitrogens is 3. The quantitative estimate of drug-likeness (QED) is 0.450. The molecule has 0 aliphatic rings. The van der Waals surface area contributed by atoms with Gasteiger partial charge in [0.25, 0.3) is 5.91 Å². The van der Waals surface area contributed by atoms with E-state index in [0.717, 1.165) is 5.39 Å². The average molecular weight is 424 g/mol. The van der Waals surface area contributed by atoms with E-state index in [9.17, 15) is 14.0 Å². The van der Waals surface area contributed by atoms with Gasteiger partial charge in [-0.3, -0.25) is 9.89 Å². The fraction of sp³-hybridized carbons (Fsp3) is 0.273. The van der Waals surface area contributed by atoms with Gasteiger partial charge in [-0.25, -0.2) is 14.2 Å². The van der Waals surface area contributed by atoms with Gasteiger partial charge in [0.15, 0.2) is 5.65 Å². The van der Waals surface area contributed by atoms with Crippen molar-refractivity contribution in [3.8, 4) is 0 Å². The van der Waals surface area contributed by atoms with Gasteiger partial charge in [-0.2, -0.15) is 5.10 Å². The van der Waals surface area contributed by atoms with E-state index in [4.69, 9.17) is 0 Å². The number of fused-ring (bicyclic) bond motifs is 1. The van der Waals surface area contributed by atoms with Crippen LogP contribution in [0.25, 0.3) is 16.6 Å². The van der Waals surface area contributed by atoms with E-state index in [-0.39, 0.29) is 24.2 Å². The summed E-state index contributed by atoms with van der Waals surface area (Å²) in [4.78, 5) is 31.8. The number of allylic oxidation sites excluding steroid dienone is 1. The second-order valence-electron chi connectivity index (χ2n) is 7.22. The van der Waals surface area contributed by atoms with Gasteiger partial charge in [0.05, 0.1) is 11.4 Å². The number of urea groups is 1. The van der Waals surface area contributed by atoms with E-state index in [1.54, 1.807) is 51.5 Å². The number of pyridine rings is 1. The van der Waals surface area contributed by atoms with Crippen LogP contribution < -0.4 is 10.2 Å². The number of benzene rings is 1. The van der Waals surface area contributed by atoms with E-state index >= 15 is 0 Å². The third-order valence-electron chi connectivity index (χ3n) is 4.71. The maximum atomic E-state index is 14.4. The zero-order valence-electron chi connectivity index (χ0n) is 17.7. The third-order valence-corrected chi connectivity index (χ3v) is 4.71. The summed E-state index contributed by atoms with van der Waals surface area (Å²) in [5.74, 6) is -0.858. The van der Waals surface area contributed by atoms with Crippen molar-refractivity contribution >= 4 is 34.2 Å². The van der Waals surface area contributed by atoms with E-state index in [0.29, 0.717) is 29.9 Å². The Morgan fingerprint density at radius 3 is 2.71 bits per heavy atom. The molecule has 9 heteroatoms. The molecular weight excluding hydrogens is 399 g/mol. The maximum absolute atomic E-state index is 14.4. The van der Waals surface area contributed by atoms with Crippen molar-refractivity contribution in [2.24, 2.45) is 0 Å². The second kappa shape index (κ2) is 9.84. The van der Waals surface area contributed by atoms with Gasteiger partial charge in [-0.15, -0.1) is 0 Å². The van der Waals surface area contributed by atoms with E-state index in [2.05, 4.69) is 20.5 Å². The van der Waals surface area contributed by atoms with Crippen molar-refractivity contribution in [2.45, 2.75) is 13.3 Å². The summed E-state index contributed by atoms with van der Waals surface area (Å²) in [5, 5.41) is 10.6. The molecule has 0 aliphatic heterocycles. The molecule has 0 bridgehead atoms. The van der Waals surface area contributed by atoms with Gasteiger partial charge in [0.2, 0.25) is 0 Å². The minimum Gasteiger partial charge on any atom is -0.338 e. The molecule has 8 nitrogen and oxygen atoms in total. The predicted octanol–water partition coefficient (Wildman–Crippen LogP) is 3.19. The Kier molecular flexibility index (Phi) is 6.96. The van der Waals surface area contributed by atoms with E-state index in [1.807, 2.05) is 6.07 Å². The number of rotatable bonds is 7. The highest BCUT2D eigenvalue weighted by molar-refractivity contribution is 6.06. The first-order valence-corrected chi connectivity index (χ1v) is 9.87. The summed E-state index contributed by atoms with van der Waals surface area (Å²) in [6.07, 6.45) is 3.56. The number of hydrogen-bond donors (Lipinski definition) is 2. The monoisotopic (exact) mass is 424 g/mol. The topological polar surface area (TPSA) is 94.2 Å². The van der Waals surface area contributed by atoms with Crippen LogP contribution in [0, 0.1) is 5.82 Å². The van der Waals surface area contributed by atoms with Gasteiger partial charge in [0, 0.05) is 44.8 Å². The summed E-state index contributed by atoms with van der Waals surface area (Å²) < 4.78 is 14.4. The number of hydrogen-bond acceptors (Lipinski definition) is 4. The fourth-order valence-electron chi connectivity index (χ4n) is 3.10. The molecule has 3 amide bonds. The zero-order chi connectivity index (χ0) is 22.4. The smallest absolute Gasteiger partial charge is 0.316 e. The van der Waals surface area contributed by atoms with Crippen LogP contribution >= 0.6 is 0 Å². The van der Waals surface area contributed by atoms with Crippen LogP contribution in [0.15, 0.2) is 48.7 Å². The number of anilines is 1. The predicted molar refractivity (Wildman–Crippen MR) is 118 cm³/mol. The molecule has 0 radical (unpaired) electrons. The number of H-pyrrole nitrogens is 1. The molecule has 0 unspecified atom stereocenters. The lowest BCUT2D eigenvalue weighted by Crippen LogP contribution is -2.37. The molecule has 3 rings (SSSR count). The SMILES string of the molecule is C/C(=C\C(=O)N(CCCNC(=O)N(C)C)c1ccccc1F)c1[nH]nc2ncccc12. The number of carbonyl (C=O) groups is 2. The Hall–Kier alpha value is -3.75. The van der Waals surface area contributed by atoms with Gasteiger partial charge in [0.1, 0.15) is 5.82 Å². The third kappa shape index (κ3) is 5.25. The minimum absolute atomic E-state index is 0.187. The number of halogens is 1. The van der Waals surface area contributed by atoms with Gasteiger partial charge >= 0.3 is 6.03 Å². The van der Waals surface area contributed by atoms with Gasteiger partial charge in [-0.05, 0) is 43.2 Å². The summed E-state index contributed by atoms with van der Waals surface area (Å²) in [6.45, 7) is 2.38. The molecule has 0 spiro atoms. The number of para-hydroxylation sites is 1. The zero-order valence-corrected chi connectivity index (χ0v) is 17.7. The first-order valence-electron chi connectivity index (χ1n) is 9.87. The number of aromatic amines is 1. The highest BCUT2D eigenvalue weighted by Crippen LogP contribution is 2.23. The van der Waals surface area contributed by atoms with Crippen molar-refractivity contribution in [3.63, 3.8) is 0 Å². The maximum Gasteiger partial charge on any atom is 0.316 e. The first kappa shape index (κ1) is 21.9. The molecule has 2 N–H and O–H groups in total. The van der Waals surface area contributed by atoms with E-state index in [1.165, 1.54) is 21.9 Å². The molecule has 1 aromatic carbocycles. The van der Waals surface area contributed by atoms with Crippen molar-refractivity contribution in [1.29, 1.82) is 0 Å². The van der Waals surface area contributed by atoms with Crippen LogP contribution in [-0.4, -0.2) is 59.2 Å². The van der Waals surface area contributed by atoms with E-state index < -0.39 is 5.82 Å². The highest BCUT2D eigenvalue weighted by Gasteiger charge is 2.18. The molecule has 0 fully saturated rings. The van der Waals surface area contributed by atoms with Crippen LogP contribution in [0.5, 0.6) is 0 Å². The summed E-state index contributed by atoms with van der Waals surface area (Å²) >= 11 is 0. The lowest BCUT2D eigenvalue weighted by molar-refractivity contribution is -0.114. The summed E-state index contributed by atoms with van der Waals surface area (Å²) in [6, 6.07) is 9.56. The molecule has 162 valence electrons. The number of nitrogens with one attached hydrogen (secondary N) is 2. The fourth-order valence-corrected chi connectivity index (χ4v) is 3.10. The molecular formula is C22H25FN6O2. The average Bonchev–Trinajstić information content (AvgIpc) is 3.18. The van der Waals surface area contributed by atoms with Crippen LogP contribution in [0.3, 0.4) is 0 Å². The molecule has 0 saturated heterocycles. The highest BCUT2D eigenvalue weighted by atomic mass is 19.1. The summed E-state index contributed by atoms with van der Waals surface area (Å²) in [5.41, 5.74) is 2.08. The van der Waals surface area contributed by atoms with Crippen LogP contribution in [-0.2, 0) is 4.79 Å². The molecule has 0 atom stereocenters. The summed E-state index contributed by atoms with van der Waals surface area (Å²) in [7, 11) is 3.29. The molecule has 0 aliphatic carbocycles. The molecule has 31 heavy (non-hydrogen) atoms. The van der Waals surface area contributed by atoms with Crippen LogP contribution in [0.1, 0.15) is 19.0 Å². The lowest BCUT2D eigenvalue weighted by atomic mass is 10.1. The largest absolute Gasteiger partial charge is 0.338 e. The Balaban J connectivity index is 1.81. The van der Waals surface area contributed by atoms with Crippen molar-refractivity contribution < 1.29 is 14.0 Å². The molecule has 2 heterocycles. The Morgan fingerprint density at radius 1 is 1.19 bits per heavy atom. The number of nitrogens with zero attached hydrogens (tertiary/aromatic N) is 4. The lowest BCUT2D eigenvalue weighted by Gasteiger charge is -2.22. The van der Waals surface area contributed by atoms with Gasteiger partial charge < -0.3 is 15.1 Å². The Bertz CT molecular complexity index is 1110. The molecule has 0 saturated carbocycles. The van der Waals surface area contributed by atoms with Crippen molar-refractivity contribution in [3.05, 3.63) is 60.2 Å². The normalized spacial score (nSPS) is 11.4. The molecule has 3 aromatic rings. The number of amides is 3. The number of carbonyl (C=O) groups excluding carboxylic acids is 2. The van der Waals surface area contributed by atoms with Crippen molar-refractivity contribution in [2.75, 3.05) is 32.1 Å². The van der Waals surface area contributed by atoms with Crippen LogP contribution in [0.4, 0.5) is 14.9 Å². The van der Waals surface area contributed by atoms with Crippen LogP contribution in [0.2, 0.25) is 0 Å². The van der Waals surface area contributed by atoms with Gasteiger partial charge in [-0.1, -0.05) is 12.1 Å². The van der Waals surface area contributed by atoms with Crippen molar-refractivity contribution in [1.82, 2.24) is 25.4 Å². The standard InChI is InChI=1S/C22H25FN6O2/c1-15(20-16-8-6-11-24-21(16)27-26-20)14-19(30)29(18-10-5-4-9-17(18)23)13-7-12-25-22(31)28(2)3/h4-6,8-11,14H,7,12-13H2,1-3H3,(H,25,31)(H,24,26,27)/b15-14+. The Labute approximate surface area is 179 Å². The second-order valence-corrected chi connectivity index (χ2v) is 7.22. The first-order chi connectivity index (χ1) is 14.9. The molecule has 2 aromatic heterocycles. The minimum atomic E-state index is -0.490. The Morgan fingerprint density at radius 2 is 1.97 bits per heavy atom.